The molecule has 0 bridgehead atoms. The number of hydrogen-bond donors (Lipinski definition) is 1. The van der Waals surface area contributed by atoms with Gasteiger partial charge in [0.2, 0.25) is 0 Å². The van der Waals surface area contributed by atoms with Gasteiger partial charge < -0.3 is 5.11 Å². The number of carbonyl (C=O) groups is 1. The van der Waals surface area contributed by atoms with Gasteiger partial charge in [-0.05, 0) is 47.7 Å². The predicted molar refractivity (Wildman–Crippen MR) is 73.0 cm³/mol. The molecule has 92 valence electrons. The van der Waals surface area contributed by atoms with Gasteiger partial charge in [-0.1, -0.05) is 37.3 Å². The third kappa shape index (κ3) is 2.59. The second kappa shape index (κ2) is 5.05. The molecule has 1 N–H and O–H groups in total. The molecule has 0 aliphatic carbocycles. The molecule has 2 aromatic rings. The van der Waals surface area contributed by atoms with Crippen molar-refractivity contribution < 1.29 is 9.90 Å². The van der Waals surface area contributed by atoms with Crippen molar-refractivity contribution in [2.75, 3.05) is 0 Å². The van der Waals surface area contributed by atoms with Crippen molar-refractivity contribution in [3.63, 3.8) is 0 Å². The van der Waals surface area contributed by atoms with Crippen molar-refractivity contribution in [3.05, 3.63) is 59.2 Å². The van der Waals surface area contributed by atoms with Gasteiger partial charge in [0, 0.05) is 0 Å². The van der Waals surface area contributed by atoms with Crippen LogP contribution in [0, 0.1) is 6.92 Å². The topological polar surface area (TPSA) is 37.3 Å². The number of carboxylic acids is 1. The van der Waals surface area contributed by atoms with Crippen LogP contribution < -0.4 is 0 Å². The minimum Gasteiger partial charge on any atom is -0.478 e. The lowest BCUT2D eigenvalue weighted by Crippen LogP contribution is -1.97. The number of aromatic carboxylic acids is 1. The fourth-order valence-electron chi connectivity index (χ4n) is 2.01. The van der Waals surface area contributed by atoms with Crippen molar-refractivity contribution in [1.82, 2.24) is 0 Å². The van der Waals surface area contributed by atoms with Crippen LogP contribution in [0.5, 0.6) is 0 Å². The summed E-state index contributed by atoms with van der Waals surface area (Å²) in [5.74, 6) is -0.884. The van der Waals surface area contributed by atoms with Crippen molar-refractivity contribution in [3.8, 4) is 11.1 Å². The van der Waals surface area contributed by atoms with E-state index in [0.29, 0.717) is 5.56 Å². The smallest absolute Gasteiger partial charge is 0.335 e. The molecule has 0 aliphatic heterocycles. The molecule has 2 heteroatoms. The Labute approximate surface area is 107 Å². The molecule has 2 rings (SSSR count). The quantitative estimate of drug-likeness (QED) is 0.882. The highest BCUT2D eigenvalue weighted by molar-refractivity contribution is 5.89. The first-order valence-corrected chi connectivity index (χ1v) is 6.04. The predicted octanol–water partition coefficient (Wildman–Crippen LogP) is 3.92. The summed E-state index contributed by atoms with van der Waals surface area (Å²) in [5.41, 5.74) is 4.59. The highest BCUT2D eigenvalue weighted by Gasteiger charge is 2.06. The summed E-state index contributed by atoms with van der Waals surface area (Å²) in [6.45, 7) is 4.03. The van der Waals surface area contributed by atoms with E-state index < -0.39 is 5.97 Å². The van der Waals surface area contributed by atoms with Crippen molar-refractivity contribution in [2.45, 2.75) is 20.3 Å². The van der Waals surface area contributed by atoms with Crippen LogP contribution in [0.15, 0.2) is 42.5 Å². The van der Waals surface area contributed by atoms with Crippen LogP contribution in [0.1, 0.15) is 28.4 Å². The van der Waals surface area contributed by atoms with Gasteiger partial charge in [0.15, 0.2) is 0 Å². The van der Waals surface area contributed by atoms with E-state index in [2.05, 4.69) is 19.1 Å². The Bertz CT molecular complexity index is 568. The first-order chi connectivity index (χ1) is 8.60. The number of aryl methyl sites for hydroxylation is 2. The lowest BCUT2D eigenvalue weighted by atomic mass is 9.99. The Balaban J connectivity index is 2.46. The highest BCUT2D eigenvalue weighted by Crippen LogP contribution is 2.23. The molecule has 0 saturated carbocycles. The lowest BCUT2D eigenvalue weighted by Gasteiger charge is -2.06. The summed E-state index contributed by atoms with van der Waals surface area (Å²) in [7, 11) is 0. The second-order valence-corrected chi connectivity index (χ2v) is 4.44. The van der Waals surface area contributed by atoms with Crippen molar-refractivity contribution >= 4 is 5.97 Å². The molecule has 0 atom stereocenters. The van der Waals surface area contributed by atoms with Gasteiger partial charge >= 0.3 is 5.97 Å². The van der Waals surface area contributed by atoms with E-state index in [1.807, 2.05) is 25.1 Å². The standard InChI is InChI=1S/C16H16O2/c1-3-12-4-6-13(7-5-12)14-8-11(2)9-15(10-14)16(17)18/h4-10H,3H2,1-2H3,(H,17,18). The third-order valence-corrected chi connectivity index (χ3v) is 3.02. The monoisotopic (exact) mass is 240 g/mol. The van der Waals surface area contributed by atoms with Gasteiger partial charge in [0.1, 0.15) is 0 Å². The third-order valence-electron chi connectivity index (χ3n) is 3.02. The minimum atomic E-state index is -0.884. The lowest BCUT2D eigenvalue weighted by molar-refractivity contribution is 0.0697. The van der Waals surface area contributed by atoms with E-state index in [4.69, 9.17) is 5.11 Å². The number of carboxylic acid groups (broad SMARTS) is 1. The maximum Gasteiger partial charge on any atom is 0.335 e. The van der Waals surface area contributed by atoms with Crippen molar-refractivity contribution in [2.24, 2.45) is 0 Å². The molecule has 18 heavy (non-hydrogen) atoms. The van der Waals surface area contributed by atoms with E-state index in [9.17, 15) is 4.79 Å². The van der Waals surface area contributed by atoms with Gasteiger partial charge in [-0.25, -0.2) is 4.79 Å². The van der Waals surface area contributed by atoms with Crippen LogP contribution in [-0.4, -0.2) is 11.1 Å². The fourth-order valence-corrected chi connectivity index (χ4v) is 2.01. The number of rotatable bonds is 3. The van der Waals surface area contributed by atoms with E-state index in [1.54, 1.807) is 12.1 Å². The van der Waals surface area contributed by atoms with Gasteiger partial charge in [-0.2, -0.15) is 0 Å². The summed E-state index contributed by atoms with van der Waals surface area (Å²) in [5, 5.41) is 9.06. The molecule has 0 radical (unpaired) electrons. The Hall–Kier alpha value is -2.09. The normalized spacial score (nSPS) is 10.3. The van der Waals surface area contributed by atoms with Gasteiger partial charge in [0.25, 0.3) is 0 Å². The zero-order valence-electron chi connectivity index (χ0n) is 10.6. The summed E-state index contributed by atoms with van der Waals surface area (Å²) < 4.78 is 0. The van der Waals surface area contributed by atoms with Gasteiger partial charge in [-0.3, -0.25) is 0 Å². The van der Waals surface area contributed by atoms with Crippen LogP contribution in [0.2, 0.25) is 0 Å². The molecule has 2 aromatic carbocycles. The maximum atomic E-state index is 11.0. The summed E-state index contributed by atoms with van der Waals surface area (Å²) >= 11 is 0. The molecular weight excluding hydrogens is 224 g/mol. The SMILES string of the molecule is CCc1ccc(-c2cc(C)cc(C(=O)O)c2)cc1. The summed E-state index contributed by atoms with van der Waals surface area (Å²) in [4.78, 5) is 11.0. The number of benzene rings is 2. The van der Waals surface area contributed by atoms with Crippen LogP contribution in [0.3, 0.4) is 0 Å². The van der Waals surface area contributed by atoms with Crippen LogP contribution in [0.25, 0.3) is 11.1 Å². The molecule has 0 aromatic heterocycles. The molecule has 0 heterocycles. The van der Waals surface area contributed by atoms with Crippen LogP contribution >= 0.6 is 0 Å². The Kier molecular flexibility index (Phi) is 3.47. The first kappa shape index (κ1) is 12.4. The average molecular weight is 240 g/mol. The zero-order valence-corrected chi connectivity index (χ0v) is 10.6. The first-order valence-electron chi connectivity index (χ1n) is 6.04. The van der Waals surface area contributed by atoms with Gasteiger partial charge in [-0.15, -0.1) is 0 Å². The van der Waals surface area contributed by atoms with Crippen LogP contribution in [0.4, 0.5) is 0 Å². The average Bonchev–Trinajstić information content (AvgIpc) is 2.38. The maximum absolute atomic E-state index is 11.0. The summed E-state index contributed by atoms with van der Waals surface area (Å²) in [6.07, 6.45) is 1.01. The highest BCUT2D eigenvalue weighted by atomic mass is 16.4. The van der Waals surface area contributed by atoms with E-state index >= 15 is 0 Å². The molecule has 0 saturated heterocycles. The van der Waals surface area contributed by atoms with Gasteiger partial charge in [0.05, 0.1) is 5.56 Å². The summed E-state index contributed by atoms with van der Waals surface area (Å²) in [6, 6.07) is 13.7. The Morgan fingerprint density at radius 2 is 1.72 bits per heavy atom. The molecule has 2 nitrogen and oxygen atoms in total. The minimum absolute atomic E-state index is 0.338. The molecule has 0 spiro atoms. The zero-order chi connectivity index (χ0) is 13.1. The van der Waals surface area contributed by atoms with Crippen LogP contribution in [-0.2, 0) is 6.42 Å². The molecule has 0 unspecified atom stereocenters. The van der Waals surface area contributed by atoms with E-state index in [-0.39, 0.29) is 0 Å². The Morgan fingerprint density at radius 3 is 2.28 bits per heavy atom. The molecule has 0 aliphatic rings. The number of hydrogen-bond acceptors (Lipinski definition) is 1. The van der Waals surface area contributed by atoms with E-state index in [0.717, 1.165) is 23.1 Å². The Morgan fingerprint density at radius 1 is 1.06 bits per heavy atom. The molecule has 0 fully saturated rings. The largest absolute Gasteiger partial charge is 0.478 e. The molecule has 0 amide bonds. The fraction of sp³-hybridized carbons (Fsp3) is 0.188. The second-order valence-electron chi connectivity index (χ2n) is 4.44. The van der Waals surface area contributed by atoms with E-state index in [1.165, 1.54) is 5.56 Å². The van der Waals surface area contributed by atoms with Crippen molar-refractivity contribution in [1.29, 1.82) is 0 Å². The molecular formula is C16H16O2.